The number of benzene rings is 2. The second kappa shape index (κ2) is 7.31. The molecular weight excluding hydrogens is 276 g/mol. The Labute approximate surface area is 130 Å². The lowest BCUT2D eigenvalue weighted by molar-refractivity contribution is 0.203. The normalized spacial score (nSPS) is 14.2. The second-order valence-electron chi connectivity index (χ2n) is 4.84. The monoisotopic (exact) mass is 294 g/mol. The van der Waals surface area contributed by atoms with E-state index in [9.17, 15) is 0 Å². The zero-order chi connectivity index (χ0) is 15.0. The summed E-state index contributed by atoms with van der Waals surface area (Å²) in [6.45, 7) is 1.81. The fourth-order valence-corrected chi connectivity index (χ4v) is 2.06. The predicted octanol–water partition coefficient (Wildman–Crippen LogP) is 3.59. The zero-order valence-corrected chi connectivity index (χ0v) is 12.2. The molecule has 0 saturated carbocycles. The van der Waals surface area contributed by atoms with Gasteiger partial charge in [0.15, 0.2) is 5.88 Å². The minimum absolute atomic E-state index is 0.486. The third-order valence-electron chi connectivity index (χ3n) is 3.14. The number of ether oxygens (including phenoxy) is 2. The Morgan fingerprint density at radius 3 is 2.50 bits per heavy atom. The average Bonchev–Trinajstić information content (AvgIpc) is 3.08. The van der Waals surface area contributed by atoms with Gasteiger partial charge in [-0.15, -0.1) is 0 Å². The topological polar surface area (TPSA) is 42.8 Å². The Balaban J connectivity index is 1.71. The highest BCUT2D eigenvalue weighted by Gasteiger charge is 2.08. The molecule has 4 nitrogen and oxygen atoms in total. The van der Waals surface area contributed by atoms with Crippen LogP contribution in [0.2, 0.25) is 0 Å². The van der Waals surface area contributed by atoms with Gasteiger partial charge in [-0.25, -0.2) is 4.99 Å². The summed E-state index contributed by atoms with van der Waals surface area (Å²) in [4.78, 5) is 4.27. The summed E-state index contributed by atoms with van der Waals surface area (Å²) in [6, 6.07) is 19.9. The molecule has 112 valence electrons. The summed E-state index contributed by atoms with van der Waals surface area (Å²) in [5, 5.41) is 3.25. The first-order valence-corrected chi connectivity index (χ1v) is 7.28. The zero-order valence-electron chi connectivity index (χ0n) is 12.2. The molecule has 0 amide bonds. The van der Waals surface area contributed by atoms with Gasteiger partial charge >= 0.3 is 0 Å². The highest BCUT2D eigenvalue weighted by molar-refractivity contribution is 5.89. The van der Waals surface area contributed by atoms with Crippen LogP contribution in [0.15, 0.2) is 77.6 Å². The molecule has 22 heavy (non-hydrogen) atoms. The van der Waals surface area contributed by atoms with E-state index in [4.69, 9.17) is 9.47 Å². The van der Waals surface area contributed by atoms with Crippen molar-refractivity contribution in [3.8, 4) is 0 Å². The van der Waals surface area contributed by atoms with Crippen molar-refractivity contribution in [3.05, 3.63) is 78.2 Å². The molecule has 3 rings (SSSR count). The van der Waals surface area contributed by atoms with E-state index in [0.29, 0.717) is 31.5 Å². The van der Waals surface area contributed by atoms with Crippen molar-refractivity contribution in [2.75, 3.05) is 18.5 Å². The third kappa shape index (κ3) is 4.12. The van der Waals surface area contributed by atoms with Crippen LogP contribution in [0, 0.1) is 0 Å². The molecule has 0 saturated heterocycles. The molecule has 0 bridgehead atoms. The van der Waals surface area contributed by atoms with Gasteiger partial charge in [0, 0.05) is 5.69 Å². The highest BCUT2D eigenvalue weighted by Crippen LogP contribution is 2.13. The molecule has 1 aliphatic rings. The van der Waals surface area contributed by atoms with E-state index in [-0.39, 0.29) is 0 Å². The summed E-state index contributed by atoms with van der Waals surface area (Å²) < 4.78 is 11.3. The van der Waals surface area contributed by atoms with Crippen molar-refractivity contribution < 1.29 is 9.47 Å². The number of rotatable bonds is 6. The van der Waals surface area contributed by atoms with Gasteiger partial charge in [0.05, 0.1) is 12.6 Å². The first-order chi connectivity index (χ1) is 10.9. The maximum absolute atomic E-state index is 5.88. The quantitative estimate of drug-likeness (QED) is 0.828. The first kappa shape index (κ1) is 14.2. The van der Waals surface area contributed by atoms with Gasteiger partial charge in [-0.3, -0.25) is 0 Å². The van der Waals surface area contributed by atoms with Gasteiger partial charge < -0.3 is 14.8 Å². The minimum Gasteiger partial charge on any atom is -0.476 e. The van der Waals surface area contributed by atoms with Crippen LogP contribution in [0.5, 0.6) is 0 Å². The van der Waals surface area contributed by atoms with E-state index in [1.54, 1.807) is 6.08 Å². The SMILES string of the molecule is C(=C(Nc1ccccc1)OCc1ccccc1)C1=NCCO1. The lowest BCUT2D eigenvalue weighted by Gasteiger charge is -2.13. The molecule has 2 aromatic rings. The van der Waals surface area contributed by atoms with Gasteiger partial charge in [0.25, 0.3) is 0 Å². The third-order valence-corrected chi connectivity index (χ3v) is 3.14. The molecule has 0 radical (unpaired) electrons. The first-order valence-electron chi connectivity index (χ1n) is 7.28. The van der Waals surface area contributed by atoms with E-state index in [1.807, 2.05) is 60.7 Å². The van der Waals surface area contributed by atoms with Crippen LogP contribution < -0.4 is 5.32 Å². The van der Waals surface area contributed by atoms with Crippen molar-refractivity contribution >= 4 is 11.6 Å². The fourth-order valence-electron chi connectivity index (χ4n) is 2.06. The fraction of sp³-hybridized carbons (Fsp3) is 0.167. The summed E-state index contributed by atoms with van der Waals surface area (Å²) in [5.74, 6) is 1.22. The van der Waals surface area contributed by atoms with Gasteiger partial charge in [0.1, 0.15) is 13.2 Å². The highest BCUT2D eigenvalue weighted by atomic mass is 16.5. The number of aliphatic imine (C=N–C) groups is 1. The Kier molecular flexibility index (Phi) is 4.72. The Hall–Kier alpha value is -2.75. The van der Waals surface area contributed by atoms with Crippen LogP contribution in [0.1, 0.15) is 5.56 Å². The average molecular weight is 294 g/mol. The number of nitrogens with one attached hydrogen (secondary N) is 1. The van der Waals surface area contributed by atoms with Crippen molar-refractivity contribution in [3.63, 3.8) is 0 Å². The van der Waals surface area contributed by atoms with Gasteiger partial charge in [-0.2, -0.15) is 0 Å². The van der Waals surface area contributed by atoms with E-state index < -0.39 is 0 Å². The van der Waals surface area contributed by atoms with Crippen LogP contribution in [0.25, 0.3) is 0 Å². The molecule has 0 aliphatic carbocycles. The molecule has 0 spiro atoms. The summed E-state index contributed by atoms with van der Waals surface area (Å²) in [6.07, 6.45) is 1.79. The molecule has 1 N–H and O–H groups in total. The van der Waals surface area contributed by atoms with E-state index in [0.717, 1.165) is 11.3 Å². The minimum atomic E-state index is 0.486. The van der Waals surface area contributed by atoms with E-state index in [2.05, 4.69) is 10.3 Å². The predicted molar refractivity (Wildman–Crippen MR) is 87.6 cm³/mol. The van der Waals surface area contributed by atoms with E-state index in [1.165, 1.54) is 0 Å². The molecule has 0 unspecified atom stereocenters. The molecule has 1 heterocycles. The molecule has 1 aliphatic heterocycles. The summed E-state index contributed by atoms with van der Waals surface area (Å²) >= 11 is 0. The lowest BCUT2D eigenvalue weighted by Crippen LogP contribution is -2.08. The van der Waals surface area contributed by atoms with Crippen LogP contribution in [-0.2, 0) is 16.1 Å². The van der Waals surface area contributed by atoms with Crippen molar-refractivity contribution in [2.45, 2.75) is 6.61 Å². The largest absolute Gasteiger partial charge is 0.476 e. The van der Waals surface area contributed by atoms with Crippen molar-refractivity contribution in [1.29, 1.82) is 0 Å². The summed E-state index contributed by atoms with van der Waals surface area (Å²) in [7, 11) is 0. The molecule has 4 heteroatoms. The Morgan fingerprint density at radius 1 is 1.09 bits per heavy atom. The molecule has 0 atom stereocenters. The number of anilines is 1. The van der Waals surface area contributed by atoms with Gasteiger partial charge in [-0.05, 0) is 17.7 Å². The van der Waals surface area contributed by atoms with Crippen LogP contribution in [0.4, 0.5) is 5.69 Å². The maximum atomic E-state index is 5.88. The Bertz CT molecular complexity index is 651. The maximum Gasteiger partial charge on any atom is 0.214 e. The molecule has 0 aromatic heterocycles. The van der Waals surface area contributed by atoms with Gasteiger partial charge in [0.2, 0.25) is 5.90 Å². The van der Waals surface area contributed by atoms with Crippen LogP contribution in [0.3, 0.4) is 0 Å². The van der Waals surface area contributed by atoms with Crippen molar-refractivity contribution in [2.24, 2.45) is 4.99 Å². The molecular formula is C18H18N2O2. The summed E-state index contributed by atoms with van der Waals surface area (Å²) in [5.41, 5.74) is 2.07. The van der Waals surface area contributed by atoms with Crippen molar-refractivity contribution in [1.82, 2.24) is 0 Å². The van der Waals surface area contributed by atoms with Gasteiger partial charge in [-0.1, -0.05) is 48.5 Å². The second-order valence-corrected chi connectivity index (χ2v) is 4.84. The smallest absolute Gasteiger partial charge is 0.214 e. The number of nitrogens with zero attached hydrogens (tertiary/aromatic N) is 1. The number of hydrogen-bond donors (Lipinski definition) is 1. The number of hydrogen-bond acceptors (Lipinski definition) is 4. The van der Waals surface area contributed by atoms with Crippen LogP contribution >= 0.6 is 0 Å². The Morgan fingerprint density at radius 2 is 1.82 bits per heavy atom. The standard InChI is InChI=1S/C18H18N2O2/c1-3-7-15(8-4-1)14-22-18(13-17-19-11-12-21-17)20-16-9-5-2-6-10-16/h1-10,13,20H,11-12,14H2. The van der Waals surface area contributed by atoms with Crippen LogP contribution in [-0.4, -0.2) is 19.0 Å². The molecule has 0 fully saturated rings. The number of para-hydroxylation sites is 1. The lowest BCUT2D eigenvalue weighted by atomic mass is 10.2. The molecule has 2 aromatic carbocycles. The van der Waals surface area contributed by atoms with E-state index >= 15 is 0 Å².